The second-order valence-corrected chi connectivity index (χ2v) is 3.63. The van der Waals surface area contributed by atoms with Crippen LogP contribution in [0.1, 0.15) is 13.8 Å². The molecule has 4 heteroatoms. The van der Waals surface area contributed by atoms with Gasteiger partial charge in [0.2, 0.25) is 5.91 Å². The fourth-order valence-corrected chi connectivity index (χ4v) is 0.991. The fourth-order valence-electron chi connectivity index (χ4n) is 0.991. The minimum Gasteiger partial charge on any atom is -0.349 e. The van der Waals surface area contributed by atoms with E-state index >= 15 is 0 Å². The fraction of sp³-hybridized carbons (Fsp3) is 0.875. The zero-order valence-corrected chi connectivity index (χ0v) is 7.63. The maximum absolute atomic E-state index is 11.3. The van der Waals surface area contributed by atoms with E-state index in [-0.39, 0.29) is 17.9 Å². The number of carbonyl (C=O) groups excluding carboxylic acids is 1. The molecule has 1 amide bonds. The van der Waals surface area contributed by atoms with E-state index in [4.69, 9.17) is 5.73 Å². The first-order chi connectivity index (χ1) is 5.61. The van der Waals surface area contributed by atoms with Crippen molar-refractivity contribution in [1.82, 2.24) is 10.6 Å². The quantitative estimate of drug-likeness (QED) is 0.513. The Morgan fingerprint density at radius 1 is 1.58 bits per heavy atom. The molecule has 1 fully saturated rings. The second-order valence-electron chi connectivity index (χ2n) is 3.63. The molecule has 0 bridgehead atoms. The van der Waals surface area contributed by atoms with Crippen LogP contribution in [-0.4, -0.2) is 31.1 Å². The SMILES string of the molecule is CC(C)[C@H](N)C(=O)NC1CNC1. The molecule has 0 saturated carbocycles. The van der Waals surface area contributed by atoms with Gasteiger partial charge in [0.15, 0.2) is 0 Å². The van der Waals surface area contributed by atoms with E-state index in [2.05, 4.69) is 10.6 Å². The summed E-state index contributed by atoms with van der Waals surface area (Å²) in [6.07, 6.45) is 0. The van der Waals surface area contributed by atoms with Gasteiger partial charge in [-0.2, -0.15) is 0 Å². The second kappa shape index (κ2) is 3.87. The zero-order chi connectivity index (χ0) is 9.14. The molecule has 4 N–H and O–H groups in total. The third-order valence-electron chi connectivity index (χ3n) is 2.15. The molecule has 1 aliphatic heterocycles. The van der Waals surface area contributed by atoms with Gasteiger partial charge in [-0.25, -0.2) is 0 Å². The molecule has 1 rings (SSSR count). The highest BCUT2D eigenvalue weighted by Gasteiger charge is 2.23. The summed E-state index contributed by atoms with van der Waals surface area (Å²) in [4.78, 5) is 11.3. The van der Waals surface area contributed by atoms with Crippen molar-refractivity contribution in [1.29, 1.82) is 0 Å². The Hall–Kier alpha value is -0.610. The molecule has 0 aromatic rings. The minimum absolute atomic E-state index is 0.0310. The summed E-state index contributed by atoms with van der Waals surface area (Å²) in [6.45, 7) is 5.64. The van der Waals surface area contributed by atoms with Gasteiger partial charge < -0.3 is 16.4 Å². The van der Waals surface area contributed by atoms with Crippen molar-refractivity contribution in [3.8, 4) is 0 Å². The van der Waals surface area contributed by atoms with Gasteiger partial charge >= 0.3 is 0 Å². The lowest BCUT2D eigenvalue weighted by Crippen LogP contribution is -2.60. The molecule has 1 atom stereocenters. The summed E-state index contributed by atoms with van der Waals surface area (Å²) < 4.78 is 0. The Labute approximate surface area is 72.9 Å². The van der Waals surface area contributed by atoms with Crippen LogP contribution in [0.2, 0.25) is 0 Å². The van der Waals surface area contributed by atoms with Crippen LogP contribution < -0.4 is 16.4 Å². The van der Waals surface area contributed by atoms with E-state index in [1.165, 1.54) is 0 Å². The van der Waals surface area contributed by atoms with E-state index in [9.17, 15) is 4.79 Å². The van der Waals surface area contributed by atoms with Gasteiger partial charge in [0.1, 0.15) is 0 Å². The highest BCUT2D eigenvalue weighted by molar-refractivity contribution is 5.82. The number of hydrogen-bond donors (Lipinski definition) is 3. The van der Waals surface area contributed by atoms with Gasteiger partial charge in [-0.05, 0) is 5.92 Å². The lowest BCUT2D eigenvalue weighted by Gasteiger charge is -2.29. The van der Waals surface area contributed by atoms with Gasteiger partial charge in [-0.1, -0.05) is 13.8 Å². The van der Waals surface area contributed by atoms with Crippen molar-refractivity contribution in [2.75, 3.05) is 13.1 Å². The van der Waals surface area contributed by atoms with Gasteiger partial charge in [0.05, 0.1) is 12.1 Å². The monoisotopic (exact) mass is 171 g/mol. The molecule has 70 valence electrons. The molecule has 1 aliphatic rings. The van der Waals surface area contributed by atoms with Crippen LogP contribution in [0, 0.1) is 5.92 Å². The maximum atomic E-state index is 11.3. The summed E-state index contributed by atoms with van der Waals surface area (Å²) in [5, 5.41) is 5.95. The topological polar surface area (TPSA) is 67.2 Å². The molecule has 0 aliphatic carbocycles. The number of amides is 1. The highest BCUT2D eigenvalue weighted by Crippen LogP contribution is 1.99. The molecule has 0 aromatic heterocycles. The van der Waals surface area contributed by atoms with Gasteiger partial charge in [-0.3, -0.25) is 4.79 Å². The smallest absolute Gasteiger partial charge is 0.237 e. The van der Waals surface area contributed by atoms with Crippen molar-refractivity contribution in [2.45, 2.75) is 25.9 Å². The first-order valence-corrected chi connectivity index (χ1v) is 4.38. The first-order valence-electron chi connectivity index (χ1n) is 4.38. The van der Waals surface area contributed by atoms with Gasteiger partial charge in [0, 0.05) is 13.1 Å². The van der Waals surface area contributed by atoms with Crippen molar-refractivity contribution in [3.63, 3.8) is 0 Å². The number of nitrogens with two attached hydrogens (primary N) is 1. The number of hydrogen-bond acceptors (Lipinski definition) is 3. The van der Waals surface area contributed by atoms with Crippen LogP contribution in [-0.2, 0) is 4.79 Å². The van der Waals surface area contributed by atoms with E-state index in [1.54, 1.807) is 0 Å². The van der Waals surface area contributed by atoms with Gasteiger partial charge in [-0.15, -0.1) is 0 Å². The number of carbonyl (C=O) groups is 1. The normalized spacial score (nSPS) is 20.3. The predicted octanol–water partition coefficient (Wildman–Crippen LogP) is -0.942. The molecular formula is C8H17N3O. The van der Waals surface area contributed by atoms with E-state index in [0.29, 0.717) is 6.04 Å². The lowest BCUT2D eigenvalue weighted by molar-refractivity contribution is -0.124. The summed E-state index contributed by atoms with van der Waals surface area (Å²) in [5.74, 6) is 0.175. The molecule has 1 saturated heterocycles. The van der Waals surface area contributed by atoms with Crippen LogP contribution in [0.5, 0.6) is 0 Å². The Morgan fingerprint density at radius 3 is 2.50 bits per heavy atom. The average molecular weight is 171 g/mol. The Bertz CT molecular complexity index is 166. The summed E-state index contributed by atoms with van der Waals surface area (Å²) >= 11 is 0. The Kier molecular flexibility index (Phi) is 3.05. The standard InChI is InChI=1S/C8H17N3O/c1-5(2)7(9)8(12)11-6-3-10-4-6/h5-7,10H,3-4,9H2,1-2H3,(H,11,12)/t7-/m0/s1. The van der Waals surface area contributed by atoms with E-state index in [0.717, 1.165) is 13.1 Å². The molecule has 0 unspecified atom stereocenters. The number of rotatable bonds is 3. The van der Waals surface area contributed by atoms with Crippen LogP contribution in [0.3, 0.4) is 0 Å². The molecule has 1 heterocycles. The maximum Gasteiger partial charge on any atom is 0.237 e. The van der Waals surface area contributed by atoms with Crippen LogP contribution in [0.4, 0.5) is 0 Å². The molecule has 0 radical (unpaired) electrons. The first kappa shape index (κ1) is 9.48. The van der Waals surface area contributed by atoms with Crippen LogP contribution in [0.15, 0.2) is 0 Å². The minimum atomic E-state index is -0.370. The third kappa shape index (κ3) is 2.19. The summed E-state index contributed by atoms with van der Waals surface area (Å²) in [7, 11) is 0. The molecule has 4 nitrogen and oxygen atoms in total. The Balaban J connectivity index is 2.26. The van der Waals surface area contributed by atoms with E-state index < -0.39 is 0 Å². The van der Waals surface area contributed by atoms with Gasteiger partial charge in [0.25, 0.3) is 0 Å². The highest BCUT2D eigenvalue weighted by atomic mass is 16.2. The summed E-state index contributed by atoms with van der Waals surface area (Å²) in [6, 6.07) is -0.0760. The lowest BCUT2D eigenvalue weighted by atomic mass is 10.0. The molecule has 0 aromatic carbocycles. The van der Waals surface area contributed by atoms with E-state index in [1.807, 2.05) is 13.8 Å². The molecule has 0 spiro atoms. The Morgan fingerprint density at radius 2 is 2.17 bits per heavy atom. The van der Waals surface area contributed by atoms with Crippen molar-refractivity contribution < 1.29 is 4.79 Å². The average Bonchev–Trinajstić information content (AvgIpc) is 1.94. The summed E-state index contributed by atoms with van der Waals surface area (Å²) in [5.41, 5.74) is 5.65. The number of nitrogens with one attached hydrogen (secondary N) is 2. The van der Waals surface area contributed by atoms with Crippen LogP contribution in [0.25, 0.3) is 0 Å². The largest absolute Gasteiger partial charge is 0.349 e. The third-order valence-corrected chi connectivity index (χ3v) is 2.15. The molecule has 12 heavy (non-hydrogen) atoms. The predicted molar refractivity (Wildman–Crippen MR) is 47.6 cm³/mol. The van der Waals surface area contributed by atoms with Crippen molar-refractivity contribution in [3.05, 3.63) is 0 Å². The van der Waals surface area contributed by atoms with Crippen LogP contribution >= 0.6 is 0 Å². The molecular weight excluding hydrogens is 154 g/mol. The van der Waals surface area contributed by atoms with Crippen molar-refractivity contribution >= 4 is 5.91 Å². The zero-order valence-electron chi connectivity index (χ0n) is 7.63. The van der Waals surface area contributed by atoms with Crippen molar-refractivity contribution in [2.24, 2.45) is 11.7 Å².